The van der Waals surface area contributed by atoms with Crippen molar-refractivity contribution in [2.75, 3.05) is 4.90 Å². The van der Waals surface area contributed by atoms with Gasteiger partial charge >= 0.3 is 0 Å². The van der Waals surface area contributed by atoms with Crippen molar-refractivity contribution in [3.05, 3.63) is 41.4 Å². The van der Waals surface area contributed by atoms with Gasteiger partial charge in [0.05, 0.1) is 23.6 Å². The van der Waals surface area contributed by atoms with E-state index in [-0.39, 0.29) is 17.6 Å². The van der Waals surface area contributed by atoms with Gasteiger partial charge in [-0.05, 0) is 30.3 Å². The second-order valence-corrected chi connectivity index (χ2v) is 8.56. The summed E-state index contributed by atoms with van der Waals surface area (Å²) in [5.74, 6) is -2.12. The zero-order chi connectivity index (χ0) is 19.5. The van der Waals surface area contributed by atoms with E-state index in [9.17, 15) is 14.4 Å². The fourth-order valence-corrected chi connectivity index (χ4v) is 4.25. The molecule has 6 nitrogen and oxygen atoms in total. The first-order valence-corrected chi connectivity index (χ1v) is 9.26. The summed E-state index contributed by atoms with van der Waals surface area (Å²) in [6, 6.07) is 5.42. The Hall–Kier alpha value is -2.47. The van der Waals surface area contributed by atoms with E-state index in [2.05, 4.69) is 5.10 Å². The lowest BCUT2D eigenvalue weighted by molar-refractivity contribution is -0.136. The van der Waals surface area contributed by atoms with Crippen LogP contribution >= 0.6 is 11.6 Å². The minimum Gasteiger partial charge on any atom is -0.297 e. The maximum absolute atomic E-state index is 13.3. The molecule has 3 aliphatic heterocycles. The van der Waals surface area contributed by atoms with E-state index < -0.39 is 29.3 Å². The van der Waals surface area contributed by atoms with Crippen LogP contribution in [0.5, 0.6) is 0 Å². The molecule has 7 heteroatoms. The van der Waals surface area contributed by atoms with E-state index in [0.717, 1.165) is 0 Å². The minimum atomic E-state index is -0.755. The number of anilines is 1. The molecule has 4 atom stereocenters. The van der Waals surface area contributed by atoms with Crippen molar-refractivity contribution in [1.82, 2.24) is 5.01 Å². The second-order valence-electron chi connectivity index (χ2n) is 8.12. The van der Waals surface area contributed by atoms with Crippen molar-refractivity contribution in [1.29, 1.82) is 0 Å². The SMILES string of the molecule is CC(C)(C)C(=O)[C@H]1[C@H]2C(=O)N(c3ccc(Cl)cc3)C(=O)[C@H]2[C@@H]2C=CC=NN21. The molecule has 140 valence electrons. The van der Waals surface area contributed by atoms with Crippen LogP contribution in [0.3, 0.4) is 0 Å². The van der Waals surface area contributed by atoms with Crippen LogP contribution in [0, 0.1) is 17.3 Å². The molecule has 0 saturated carbocycles. The Morgan fingerprint density at radius 2 is 1.70 bits per heavy atom. The number of Topliss-reactive ketones (excluding diaryl/α,β-unsaturated/α-hetero) is 1. The highest BCUT2D eigenvalue weighted by atomic mass is 35.5. The first-order chi connectivity index (χ1) is 12.7. The Kier molecular flexibility index (Phi) is 4.00. The summed E-state index contributed by atoms with van der Waals surface area (Å²) in [6.07, 6.45) is 5.19. The smallest absolute Gasteiger partial charge is 0.240 e. The predicted molar refractivity (Wildman–Crippen MR) is 102 cm³/mol. The van der Waals surface area contributed by atoms with Crippen LogP contribution in [0.1, 0.15) is 20.8 Å². The Labute approximate surface area is 162 Å². The first kappa shape index (κ1) is 17.9. The van der Waals surface area contributed by atoms with Crippen molar-refractivity contribution in [2.24, 2.45) is 22.4 Å². The van der Waals surface area contributed by atoms with E-state index >= 15 is 0 Å². The van der Waals surface area contributed by atoms with Crippen LogP contribution in [0.15, 0.2) is 41.5 Å². The quantitative estimate of drug-likeness (QED) is 0.734. The van der Waals surface area contributed by atoms with Crippen LogP contribution < -0.4 is 4.90 Å². The molecule has 0 N–H and O–H groups in total. The van der Waals surface area contributed by atoms with E-state index in [1.165, 1.54) is 4.90 Å². The van der Waals surface area contributed by atoms with E-state index in [0.29, 0.717) is 10.7 Å². The number of carbonyl (C=O) groups is 3. The van der Waals surface area contributed by atoms with Gasteiger partial charge in [0, 0.05) is 16.7 Å². The highest BCUT2D eigenvalue weighted by molar-refractivity contribution is 6.31. The maximum atomic E-state index is 13.3. The molecule has 3 heterocycles. The number of ketones is 1. The summed E-state index contributed by atoms with van der Waals surface area (Å²) in [7, 11) is 0. The Morgan fingerprint density at radius 1 is 1.07 bits per heavy atom. The summed E-state index contributed by atoms with van der Waals surface area (Å²) >= 11 is 5.93. The van der Waals surface area contributed by atoms with Crippen LogP contribution in [0.25, 0.3) is 0 Å². The topological polar surface area (TPSA) is 70.0 Å². The predicted octanol–water partition coefficient (Wildman–Crippen LogP) is 2.67. The highest BCUT2D eigenvalue weighted by Crippen LogP contribution is 2.47. The van der Waals surface area contributed by atoms with Gasteiger partial charge in [0.15, 0.2) is 5.78 Å². The van der Waals surface area contributed by atoms with Crippen LogP contribution in [0.4, 0.5) is 5.69 Å². The highest BCUT2D eigenvalue weighted by Gasteiger charge is 2.64. The molecule has 4 rings (SSSR count). The Balaban J connectivity index is 1.79. The molecular formula is C20H20ClN3O3. The molecule has 0 unspecified atom stereocenters. The van der Waals surface area contributed by atoms with Gasteiger partial charge in [-0.1, -0.05) is 38.4 Å². The minimum absolute atomic E-state index is 0.0912. The lowest BCUT2D eigenvalue weighted by Crippen LogP contribution is -2.49. The van der Waals surface area contributed by atoms with Gasteiger partial charge in [-0.15, -0.1) is 0 Å². The normalized spacial score (nSPS) is 29.3. The molecule has 0 aliphatic carbocycles. The van der Waals surface area contributed by atoms with Crippen molar-refractivity contribution in [3.8, 4) is 0 Å². The summed E-state index contributed by atoms with van der Waals surface area (Å²) < 4.78 is 0. The van der Waals surface area contributed by atoms with Crippen LogP contribution in [0.2, 0.25) is 5.02 Å². The molecule has 2 saturated heterocycles. The molecule has 0 spiro atoms. The zero-order valence-electron chi connectivity index (χ0n) is 15.3. The van der Waals surface area contributed by atoms with Crippen molar-refractivity contribution in [3.63, 3.8) is 0 Å². The molecular weight excluding hydrogens is 366 g/mol. The molecule has 3 aliphatic rings. The summed E-state index contributed by atoms with van der Waals surface area (Å²) in [5.41, 5.74) is -0.182. The monoisotopic (exact) mass is 385 g/mol. The number of imide groups is 1. The fraction of sp³-hybridized carbons (Fsp3) is 0.400. The molecule has 27 heavy (non-hydrogen) atoms. The average Bonchev–Trinajstić information content (AvgIpc) is 3.08. The van der Waals surface area contributed by atoms with Crippen molar-refractivity contribution >= 4 is 41.1 Å². The van der Waals surface area contributed by atoms with E-state index in [4.69, 9.17) is 11.6 Å². The lowest BCUT2D eigenvalue weighted by Gasteiger charge is -2.33. The number of rotatable bonds is 2. The molecule has 2 amide bonds. The maximum Gasteiger partial charge on any atom is 0.240 e. The van der Waals surface area contributed by atoms with Gasteiger partial charge in [-0.3, -0.25) is 19.4 Å². The van der Waals surface area contributed by atoms with Gasteiger partial charge in [0.2, 0.25) is 11.8 Å². The number of fused-ring (bicyclic) bond motifs is 3. The van der Waals surface area contributed by atoms with Crippen molar-refractivity contribution < 1.29 is 14.4 Å². The number of benzene rings is 1. The van der Waals surface area contributed by atoms with E-state index in [1.54, 1.807) is 41.6 Å². The van der Waals surface area contributed by atoms with Gasteiger partial charge in [-0.25, -0.2) is 4.90 Å². The third kappa shape index (κ3) is 2.62. The lowest BCUT2D eigenvalue weighted by atomic mass is 9.80. The number of amides is 2. The standard InChI is InChI=1S/C20H20ClN3O3/c1-20(2,3)17(25)16-15-14(13-5-4-10-22-24(13)16)18(26)23(19(15)27)12-8-6-11(21)7-9-12/h4-10,13-16H,1-3H3/t13-,14-,15-,16+/m0/s1. The van der Waals surface area contributed by atoms with Crippen LogP contribution in [-0.4, -0.2) is 40.9 Å². The average molecular weight is 386 g/mol. The third-order valence-electron chi connectivity index (χ3n) is 5.38. The number of nitrogens with zero attached hydrogens (tertiary/aromatic N) is 3. The summed E-state index contributed by atoms with van der Waals surface area (Å²) in [6.45, 7) is 5.46. The van der Waals surface area contributed by atoms with Gasteiger partial charge < -0.3 is 0 Å². The largest absolute Gasteiger partial charge is 0.297 e. The zero-order valence-corrected chi connectivity index (χ0v) is 16.1. The third-order valence-corrected chi connectivity index (χ3v) is 5.64. The number of carbonyl (C=O) groups excluding carboxylic acids is 3. The van der Waals surface area contributed by atoms with Gasteiger partial charge in [0.1, 0.15) is 6.04 Å². The molecule has 2 fully saturated rings. The van der Waals surface area contributed by atoms with E-state index in [1.807, 2.05) is 26.8 Å². The number of hydrogen-bond donors (Lipinski definition) is 0. The number of hydrazone groups is 1. The first-order valence-electron chi connectivity index (χ1n) is 8.88. The van der Waals surface area contributed by atoms with Gasteiger partial charge in [0.25, 0.3) is 0 Å². The molecule has 0 radical (unpaired) electrons. The second kappa shape index (κ2) is 6.02. The number of allylic oxidation sites excluding steroid dienone is 1. The molecule has 1 aromatic carbocycles. The molecule has 1 aromatic rings. The number of halogens is 1. The van der Waals surface area contributed by atoms with Crippen LogP contribution in [-0.2, 0) is 14.4 Å². The Bertz CT molecular complexity index is 885. The summed E-state index contributed by atoms with van der Waals surface area (Å²) in [4.78, 5) is 40.8. The van der Waals surface area contributed by atoms with Crippen molar-refractivity contribution in [2.45, 2.75) is 32.9 Å². The number of hydrogen-bond acceptors (Lipinski definition) is 5. The van der Waals surface area contributed by atoms with Gasteiger partial charge in [-0.2, -0.15) is 5.10 Å². The molecule has 0 aromatic heterocycles. The summed E-state index contributed by atoms with van der Waals surface area (Å²) in [5, 5.41) is 6.49. The Morgan fingerprint density at radius 3 is 2.33 bits per heavy atom. The molecule has 0 bridgehead atoms. The fourth-order valence-electron chi connectivity index (χ4n) is 4.13.